The number of oxazole rings is 1. The Bertz CT molecular complexity index is 1290. The first kappa shape index (κ1) is 19.5. The van der Waals surface area contributed by atoms with Gasteiger partial charge in [0, 0.05) is 34.2 Å². The first-order chi connectivity index (χ1) is 15.3. The number of benzene rings is 2. The zero-order valence-electron chi connectivity index (χ0n) is 16.2. The molecule has 0 bridgehead atoms. The molecule has 0 fully saturated rings. The molecule has 0 radical (unpaired) electrons. The van der Waals surface area contributed by atoms with Gasteiger partial charge in [-0.05, 0) is 48.5 Å². The number of nitrogens with zero attached hydrogens (tertiary/aromatic N) is 5. The van der Waals surface area contributed by atoms with E-state index in [1.807, 2.05) is 71.3 Å². The summed E-state index contributed by atoms with van der Waals surface area (Å²) in [6.45, 7) is 0. The molecule has 152 valence electrons. The van der Waals surface area contributed by atoms with Crippen molar-refractivity contribution in [2.24, 2.45) is 0 Å². The van der Waals surface area contributed by atoms with Crippen LogP contribution < -0.4 is 0 Å². The average molecular weight is 446 g/mol. The lowest BCUT2D eigenvalue weighted by Gasteiger charge is -2.09. The standard InChI is InChI=1S/C23H16ClN5OS/c24-18-8-6-16(7-9-18)20-14-26-21(30-20)15-31-23-28-27-22(17-10-12-25-13-11-17)29(23)19-4-2-1-3-5-19/h1-14H,15H2. The number of halogens is 1. The topological polar surface area (TPSA) is 69.6 Å². The normalized spacial score (nSPS) is 11.0. The van der Waals surface area contributed by atoms with Gasteiger partial charge < -0.3 is 4.42 Å². The molecule has 0 saturated carbocycles. The van der Waals surface area contributed by atoms with Gasteiger partial charge in [-0.25, -0.2) is 4.98 Å². The minimum Gasteiger partial charge on any atom is -0.440 e. The van der Waals surface area contributed by atoms with E-state index in [-0.39, 0.29) is 0 Å². The number of hydrogen-bond acceptors (Lipinski definition) is 6. The second kappa shape index (κ2) is 8.75. The fourth-order valence-corrected chi connectivity index (χ4v) is 4.04. The van der Waals surface area contributed by atoms with Crippen molar-refractivity contribution < 1.29 is 4.42 Å². The maximum atomic E-state index is 5.97. The second-order valence-corrected chi connectivity index (χ2v) is 8.01. The van der Waals surface area contributed by atoms with Crippen LogP contribution in [-0.4, -0.2) is 24.7 Å². The van der Waals surface area contributed by atoms with Crippen molar-refractivity contribution in [1.82, 2.24) is 24.7 Å². The lowest BCUT2D eigenvalue weighted by Crippen LogP contribution is -1.99. The molecule has 0 aliphatic heterocycles. The third-order valence-electron chi connectivity index (χ3n) is 4.59. The summed E-state index contributed by atoms with van der Waals surface area (Å²) >= 11 is 7.48. The van der Waals surface area contributed by atoms with E-state index < -0.39 is 0 Å². The number of pyridine rings is 1. The van der Waals surface area contributed by atoms with Crippen LogP contribution in [0.3, 0.4) is 0 Å². The highest BCUT2D eigenvalue weighted by atomic mass is 35.5. The average Bonchev–Trinajstić information content (AvgIpc) is 3.47. The monoisotopic (exact) mass is 445 g/mol. The fourth-order valence-electron chi connectivity index (χ4n) is 3.11. The number of rotatable bonds is 6. The number of thioether (sulfide) groups is 1. The molecular weight excluding hydrogens is 430 g/mol. The quantitative estimate of drug-likeness (QED) is 0.302. The molecule has 5 rings (SSSR count). The summed E-state index contributed by atoms with van der Waals surface area (Å²) < 4.78 is 7.96. The fraction of sp³-hybridized carbons (Fsp3) is 0.0435. The third kappa shape index (κ3) is 4.23. The predicted molar refractivity (Wildman–Crippen MR) is 121 cm³/mol. The van der Waals surface area contributed by atoms with Crippen LogP contribution in [-0.2, 0) is 5.75 Å². The maximum Gasteiger partial charge on any atom is 0.205 e. The van der Waals surface area contributed by atoms with Gasteiger partial charge in [-0.1, -0.05) is 41.6 Å². The van der Waals surface area contributed by atoms with Crippen LogP contribution in [0.15, 0.2) is 94.9 Å². The van der Waals surface area contributed by atoms with Crippen LogP contribution >= 0.6 is 23.4 Å². The van der Waals surface area contributed by atoms with Crippen LogP contribution in [0.1, 0.15) is 5.89 Å². The van der Waals surface area contributed by atoms with Gasteiger partial charge in [0.25, 0.3) is 0 Å². The Labute approximate surface area is 188 Å². The van der Waals surface area contributed by atoms with E-state index in [1.165, 1.54) is 11.8 Å². The van der Waals surface area contributed by atoms with Crippen LogP contribution in [0.4, 0.5) is 0 Å². The first-order valence-electron chi connectivity index (χ1n) is 9.52. The Morgan fingerprint density at radius 3 is 2.42 bits per heavy atom. The van der Waals surface area contributed by atoms with Gasteiger partial charge in [-0.2, -0.15) is 0 Å². The second-order valence-electron chi connectivity index (χ2n) is 6.63. The molecule has 0 spiro atoms. The Balaban J connectivity index is 1.42. The SMILES string of the molecule is Clc1ccc(-c2cnc(CSc3nnc(-c4ccncc4)n3-c3ccccc3)o2)cc1. The molecule has 3 aromatic heterocycles. The predicted octanol–water partition coefficient (Wildman–Crippen LogP) is 5.93. The third-order valence-corrected chi connectivity index (χ3v) is 5.76. The molecule has 6 nitrogen and oxygen atoms in total. The van der Waals surface area contributed by atoms with Gasteiger partial charge in [0.1, 0.15) is 0 Å². The van der Waals surface area contributed by atoms with Crippen molar-refractivity contribution in [1.29, 1.82) is 0 Å². The van der Waals surface area contributed by atoms with Gasteiger partial charge in [0.05, 0.1) is 11.9 Å². The minimum atomic E-state index is 0.523. The zero-order chi connectivity index (χ0) is 21.0. The van der Waals surface area contributed by atoms with Crippen molar-refractivity contribution in [2.75, 3.05) is 0 Å². The van der Waals surface area contributed by atoms with Crippen molar-refractivity contribution in [3.63, 3.8) is 0 Å². The summed E-state index contributed by atoms with van der Waals surface area (Å²) in [6, 6.07) is 21.3. The highest BCUT2D eigenvalue weighted by molar-refractivity contribution is 7.98. The zero-order valence-corrected chi connectivity index (χ0v) is 17.8. The molecule has 31 heavy (non-hydrogen) atoms. The van der Waals surface area contributed by atoms with Crippen LogP contribution in [0.2, 0.25) is 5.02 Å². The van der Waals surface area contributed by atoms with E-state index >= 15 is 0 Å². The molecule has 0 aliphatic rings. The first-order valence-corrected chi connectivity index (χ1v) is 10.9. The lowest BCUT2D eigenvalue weighted by molar-refractivity contribution is 0.529. The molecule has 0 aliphatic carbocycles. The van der Waals surface area contributed by atoms with E-state index in [2.05, 4.69) is 20.2 Å². The van der Waals surface area contributed by atoms with Crippen LogP contribution in [0, 0.1) is 0 Å². The largest absolute Gasteiger partial charge is 0.440 e. The molecule has 0 saturated heterocycles. The van der Waals surface area contributed by atoms with Crippen molar-refractivity contribution in [3.05, 3.63) is 96.2 Å². The molecule has 0 amide bonds. The van der Waals surface area contributed by atoms with Crippen LogP contribution in [0.25, 0.3) is 28.4 Å². The van der Waals surface area contributed by atoms with Gasteiger partial charge in [-0.3, -0.25) is 9.55 Å². The molecule has 8 heteroatoms. The summed E-state index contributed by atoms with van der Waals surface area (Å²) in [5.41, 5.74) is 2.86. The summed E-state index contributed by atoms with van der Waals surface area (Å²) in [6.07, 6.45) is 5.22. The van der Waals surface area contributed by atoms with Gasteiger partial charge in [0.15, 0.2) is 16.7 Å². The molecular formula is C23H16ClN5OS. The summed E-state index contributed by atoms with van der Waals surface area (Å²) in [4.78, 5) is 8.51. The summed E-state index contributed by atoms with van der Waals surface area (Å²) in [5, 5.41) is 10.3. The summed E-state index contributed by atoms with van der Waals surface area (Å²) in [5.74, 6) is 2.59. The van der Waals surface area contributed by atoms with E-state index in [0.29, 0.717) is 22.4 Å². The lowest BCUT2D eigenvalue weighted by atomic mass is 10.2. The molecule has 2 aromatic carbocycles. The minimum absolute atomic E-state index is 0.523. The molecule has 0 N–H and O–H groups in total. The Hall–Kier alpha value is -3.42. The Morgan fingerprint density at radius 2 is 1.65 bits per heavy atom. The molecule has 0 unspecified atom stereocenters. The van der Waals surface area contributed by atoms with Crippen molar-refractivity contribution >= 4 is 23.4 Å². The van der Waals surface area contributed by atoms with Crippen molar-refractivity contribution in [2.45, 2.75) is 10.9 Å². The highest BCUT2D eigenvalue weighted by Crippen LogP contribution is 2.30. The molecule has 5 aromatic rings. The Kier molecular flexibility index (Phi) is 5.52. The van der Waals surface area contributed by atoms with Crippen LogP contribution in [0.5, 0.6) is 0 Å². The van der Waals surface area contributed by atoms with Gasteiger partial charge in [-0.15, -0.1) is 10.2 Å². The van der Waals surface area contributed by atoms with E-state index in [0.717, 1.165) is 27.8 Å². The van der Waals surface area contributed by atoms with E-state index in [9.17, 15) is 0 Å². The summed E-state index contributed by atoms with van der Waals surface area (Å²) in [7, 11) is 0. The maximum absolute atomic E-state index is 5.97. The van der Waals surface area contributed by atoms with Gasteiger partial charge in [0.2, 0.25) is 5.89 Å². The highest BCUT2D eigenvalue weighted by Gasteiger charge is 2.17. The van der Waals surface area contributed by atoms with Crippen molar-refractivity contribution in [3.8, 4) is 28.4 Å². The molecule has 3 heterocycles. The number of hydrogen-bond donors (Lipinski definition) is 0. The van der Waals surface area contributed by atoms with E-state index in [1.54, 1.807) is 18.6 Å². The van der Waals surface area contributed by atoms with E-state index in [4.69, 9.17) is 16.0 Å². The number of aromatic nitrogens is 5. The Morgan fingerprint density at radius 1 is 0.871 bits per heavy atom. The van der Waals surface area contributed by atoms with Gasteiger partial charge >= 0.3 is 0 Å². The smallest absolute Gasteiger partial charge is 0.205 e. The molecule has 0 atom stereocenters. The number of para-hydroxylation sites is 1.